The molecule has 1 aliphatic rings. The van der Waals surface area contributed by atoms with Crippen LogP contribution in [0.2, 0.25) is 0 Å². The van der Waals surface area contributed by atoms with Gasteiger partial charge in [0, 0.05) is 24.0 Å². The van der Waals surface area contributed by atoms with E-state index in [0.717, 1.165) is 31.6 Å². The molecule has 0 aliphatic carbocycles. The average molecular weight is 387 g/mol. The van der Waals surface area contributed by atoms with Gasteiger partial charge in [-0.15, -0.1) is 22.7 Å². The van der Waals surface area contributed by atoms with Crippen molar-refractivity contribution < 1.29 is 9.59 Å². The van der Waals surface area contributed by atoms with Crippen LogP contribution in [-0.4, -0.2) is 28.3 Å². The minimum Gasteiger partial charge on any atom is -0.350 e. The summed E-state index contributed by atoms with van der Waals surface area (Å²) in [5.74, 6) is -0.465. The van der Waals surface area contributed by atoms with E-state index in [-0.39, 0.29) is 24.2 Å². The molecule has 1 saturated heterocycles. The molecule has 3 aromatic rings. The topological polar surface area (TPSA) is 75.2 Å². The van der Waals surface area contributed by atoms with Crippen LogP contribution in [0.1, 0.15) is 22.1 Å². The molecule has 4 rings (SSSR count). The highest BCUT2D eigenvalue weighted by atomic mass is 32.1. The zero-order chi connectivity index (χ0) is 18.3. The van der Waals surface area contributed by atoms with Gasteiger partial charge in [0.05, 0.1) is 38.4 Å². The fourth-order valence-electron chi connectivity index (χ4n) is 3.14. The molecule has 2 aromatic heterocycles. The molecule has 1 atom stereocenters. The fourth-order valence-corrected chi connectivity index (χ4v) is 4.56. The van der Waals surface area contributed by atoms with Crippen molar-refractivity contribution in [2.24, 2.45) is 5.92 Å². The third-order valence-electron chi connectivity index (χ3n) is 4.40. The zero-order valence-corrected chi connectivity index (χ0v) is 16.1. The molecule has 6 nitrogen and oxygen atoms in total. The van der Waals surface area contributed by atoms with Gasteiger partial charge in [-0.2, -0.15) is 0 Å². The van der Waals surface area contributed by atoms with Gasteiger partial charge in [-0.3, -0.25) is 9.59 Å². The summed E-state index contributed by atoms with van der Waals surface area (Å²) < 4.78 is 1.10. The normalized spacial score (nSPS) is 17.2. The quantitative estimate of drug-likeness (QED) is 0.748. The lowest BCUT2D eigenvalue weighted by Gasteiger charge is -2.16. The number of hydrogen-bond acceptors (Lipinski definition) is 6. The SMILES string of the molecule is Cc1nc(CNC(=O)C2CC(=O)N(c3ccc4sc(C)nc4c3)C2)cs1. The number of aryl methyl sites for hydroxylation is 2. The first-order chi connectivity index (χ1) is 12.5. The van der Waals surface area contributed by atoms with Crippen molar-refractivity contribution in [1.82, 2.24) is 15.3 Å². The number of fused-ring (bicyclic) bond motifs is 1. The average Bonchev–Trinajstić information content (AvgIpc) is 3.29. The third-order valence-corrected chi connectivity index (χ3v) is 6.17. The molecule has 26 heavy (non-hydrogen) atoms. The van der Waals surface area contributed by atoms with Gasteiger partial charge in [0.15, 0.2) is 0 Å². The molecule has 0 radical (unpaired) electrons. The van der Waals surface area contributed by atoms with Gasteiger partial charge in [0.2, 0.25) is 11.8 Å². The molecule has 1 unspecified atom stereocenters. The van der Waals surface area contributed by atoms with E-state index in [1.807, 2.05) is 37.4 Å². The summed E-state index contributed by atoms with van der Waals surface area (Å²) in [7, 11) is 0. The Balaban J connectivity index is 1.44. The number of carbonyl (C=O) groups is 2. The molecule has 1 fully saturated rings. The zero-order valence-electron chi connectivity index (χ0n) is 14.5. The Hall–Kier alpha value is -2.32. The van der Waals surface area contributed by atoms with E-state index in [9.17, 15) is 9.59 Å². The maximum absolute atomic E-state index is 12.4. The van der Waals surface area contributed by atoms with Gasteiger partial charge in [-0.1, -0.05) is 0 Å². The Kier molecular flexibility index (Phi) is 4.46. The lowest BCUT2D eigenvalue weighted by atomic mass is 10.1. The standard InChI is InChI=1S/C18H18N4O2S2/c1-10-20-13(9-25-10)7-19-18(24)12-5-17(23)22(8-12)14-3-4-16-15(6-14)21-11(2)26-16/h3-4,6,9,12H,5,7-8H2,1-2H3,(H,19,24). The molecule has 1 N–H and O–H groups in total. The number of anilines is 1. The van der Waals surface area contributed by atoms with E-state index < -0.39 is 0 Å². The van der Waals surface area contributed by atoms with Crippen LogP contribution in [0.15, 0.2) is 23.6 Å². The van der Waals surface area contributed by atoms with Crippen molar-refractivity contribution >= 4 is 50.4 Å². The number of rotatable bonds is 4. The van der Waals surface area contributed by atoms with Crippen molar-refractivity contribution in [2.75, 3.05) is 11.4 Å². The Labute approximate surface area is 158 Å². The number of aromatic nitrogens is 2. The lowest BCUT2D eigenvalue weighted by molar-refractivity contribution is -0.126. The second-order valence-corrected chi connectivity index (χ2v) is 8.66. The number of hydrogen-bond donors (Lipinski definition) is 1. The highest BCUT2D eigenvalue weighted by Gasteiger charge is 2.35. The number of carbonyl (C=O) groups excluding carboxylic acids is 2. The first-order valence-corrected chi connectivity index (χ1v) is 10.1. The summed E-state index contributed by atoms with van der Waals surface area (Å²) in [5.41, 5.74) is 2.55. The molecule has 2 amide bonds. The summed E-state index contributed by atoms with van der Waals surface area (Å²) in [6, 6.07) is 5.84. The Morgan fingerprint density at radius 1 is 1.31 bits per heavy atom. The van der Waals surface area contributed by atoms with E-state index in [4.69, 9.17) is 0 Å². The van der Waals surface area contributed by atoms with Crippen LogP contribution in [0.25, 0.3) is 10.2 Å². The van der Waals surface area contributed by atoms with Gasteiger partial charge in [0.1, 0.15) is 0 Å². The van der Waals surface area contributed by atoms with Gasteiger partial charge >= 0.3 is 0 Å². The Bertz CT molecular complexity index is 994. The van der Waals surface area contributed by atoms with Crippen molar-refractivity contribution in [3.63, 3.8) is 0 Å². The number of amides is 2. The van der Waals surface area contributed by atoms with Crippen molar-refractivity contribution in [1.29, 1.82) is 0 Å². The van der Waals surface area contributed by atoms with Crippen LogP contribution >= 0.6 is 22.7 Å². The number of benzene rings is 1. The minimum atomic E-state index is -0.338. The predicted octanol–water partition coefficient (Wildman–Crippen LogP) is 3.04. The summed E-state index contributed by atoms with van der Waals surface area (Å²) >= 11 is 3.19. The Morgan fingerprint density at radius 3 is 2.92 bits per heavy atom. The van der Waals surface area contributed by atoms with Crippen LogP contribution < -0.4 is 10.2 Å². The van der Waals surface area contributed by atoms with Crippen LogP contribution in [0.5, 0.6) is 0 Å². The third kappa shape index (κ3) is 3.34. The Morgan fingerprint density at radius 2 is 2.15 bits per heavy atom. The minimum absolute atomic E-state index is 0.0269. The van der Waals surface area contributed by atoms with Crippen molar-refractivity contribution in [2.45, 2.75) is 26.8 Å². The van der Waals surface area contributed by atoms with Crippen LogP contribution in [0.4, 0.5) is 5.69 Å². The van der Waals surface area contributed by atoms with Crippen LogP contribution in [0.3, 0.4) is 0 Å². The number of nitrogens with one attached hydrogen (secondary N) is 1. The highest BCUT2D eigenvalue weighted by Crippen LogP contribution is 2.30. The molecular formula is C18H18N4O2S2. The monoisotopic (exact) mass is 386 g/mol. The van der Waals surface area contributed by atoms with E-state index in [1.165, 1.54) is 0 Å². The largest absolute Gasteiger partial charge is 0.350 e. The van der Waals surface area contributed by atoms with Gasteiger partial charge in [0.25, 0.3) is 0 Å². The number of thiazole rings is 2. The van der Waals surface area contributed by atoms with Gasteiger partial charge in [-0.05, 0) is 32.0 Å². The van der Waals surface area contributed by atoms with Crippen molar-refractivity contribution in [3.8, 4) is 0 Å². The van der Waals surface area contributed by atoms with Crippen LogP contribution in [-0.2, 0) is 16.1 Å². The summed E-state index contributed by atoms with van der Waals surface area (Å²) in [6.07, 6.45) is 0.232. The molecule has 134 valence electrons. The molecule has 1 aromatic carbocycles. The molecule has 0 bridgehead atoms. The van der Waals surface area contributed by atoms with E-state index in [2.05, 4.69) is 15.3 Å². The highest BCUT2D eigenvalue weighted by molar-refractivity contribution is 7.18. The first-order valence-electron chi connectivity index (χ1n) is 8.36. The van der Waals surface area contributed by atoms with E-state index in [0.29, 0.717) is 13.1 Å². The molecule has 0 saturated carbocycles. The fraction of sp³-hybridized carbons (Fsp3) is 0.333. The van der Waals surface area contributed by atoms with Gasteiger partial charge < -0.3 is 10.2 Å². The molecule has 0 spiro atoms. The second-order valence-electron chi connectivity index (χ2n) is 6.37. The summed E-state index contributed by atoms with van der Waals surface area (Å²) in [6.45, 7) is 4.70. The molecule has 1 aliphatic heterocycles. The summed E-state index contributed by atoms with van der Waals surface area (Å²) in [4.78, 5) is 35.4. The summed E-state index contributed by atoms with van der Waals surface area (Å²) in [5, 5.41) is 6.81. The maximum atomic E-state index is 12.4. The van der Waals surface area contributed by atoms with E-state index >= 15 is 0 Å². The lowest BCUT2D eigenvalue weighted by Crippen LogP contribution is -2.32. The molecule has 8 heteroatoms. The van der Waals surface area contributed by atoms with Gasteiger partial charge in [-0.25, -0.2) is 9.97 Å². The second kappa shape index (κ2) is 6.77. The predicted molar refractivity (Wildman–Crippen MR) is 104 cm³/mol. The van der Waals surface area contributed by atoms with E-state index in [1.54, 1.807) is 27.6 Å². The first kappa shape index (κ1) is 17.1. The van der Waals surface area contributed by atoms with Crippen molar-refractivity contribution in [3.05, 3.63) is 39.3 Å². The molecule has 3 heterocycles. The number of nitrogens with zero attached hydrogens (tertiary/aromatic N) is 3. The smallest absolute Gasteiger partial charge is 0.227 e. The molecular weight excluding hydrogens is 368 g/mol. The maximum Gasteiger partial charge on any atom is 0.227 e. The van der Waals surface area contributed by atoms with Crippen LogP contribution in [0, 0.1) is 19.8 Å².